The zero-order valence-corrected chi connectivity index (χ0v) is 9.52. The highest BCUT2D eigenvalue weighted by Gasteiger charge is 2.29. The zero-order valence-electron chi connectivity index (χ0n) is 9.52. The SMILES string of the molecule is CCC(CO)(CCC(N)=O)c1ccncc1. The number of aromatic nitrogens is 1. The van der Waals surface area contributed by atoms with Crippen LogP contribution in [0.25, 0.3) is 0 Å². The predicted octanol–water partition coefficient (Wildman–Crippen LogP) is 0.987. The Morgan fingerprint density at radius 1 is 1.50 bits per heavy atom. The third-order valence-corrected chi connectivity index (χ3v) is 3.12. The van der Waals surface area contributed by atoms with E-state index in [4.69, 9.17) is 5.73 Å². The first-order chi connectivity index (χ1) is 7.64. The molecular formula is C12H18N2O2. The summed E-state index contributed by atoms with van der Waals surface area (Å²) in [6.45, 7) is 2.01. The summed E-state index contributed by atoms with van der Waals surface area (Å²) in [5.41, 5.74) is 5.79. The zero-order chi connectivity index (χ0) is 12.0. The molecule has 0 aliphatic carbocycles. The maximum atomic E-state index is 10.8. The lowest BCUT2D eigenvalue weighted by Gasteiger charge is -2.30. The molecule has 0 aromatic carbocycles. The molecule has 1 heterocycles. The average Bonchev–Trinajstić information content (AvgIpc) is 2.32. The lowest BCUT2D eigenvalue weighted by atomic mass is 9.75. The van der Waals surface area contributed by atoms with Crippen molar-refractivity contribution in [1.29, 1.82) is 0 Å². The molecule has 1 unspecified atom stereocenters. The second-order valence-electron chi connectivity index (χ2n) is 3.99. The monoisotopic (exact) mass is 222 g/mol. The van der Waals surface area contributed by atoms with Gasteiger partial charge in [0.2, 0.25) is 5.91 Å². The Labute approximate surface area is 95.5 Å². The summed E-state index contributed by atoms with van der Waals surface area (Å²) in [5, 5.41) is 9.57. The number of hydrogen-bond donors (Lipinski definition) is 2. The molecule has 1 amide bonds. The van der Waals surface area contributed by atoms with Crippen LogP contribution < -0.4 is 5.73 Å². The van der Waals surface area contributed by atoms with Crippen molar-refractivity contribution in [2.75, 3.05) is 6.61 Å². The summed E-state index contributed by atoms with van der Waals surface area (Å²) in [6.07, 6.45) is 5.01. The van der Waals surface area contributed by atoms with Gasteiger partial charge in [-0.05, 0) is 30.5 Å². The molecule has 16 heavy (non-hydrogen) atoms. The number of rotatable bonds is 6. The van der Waals surface area contributed by atoms with Crippen molar-refractivity contribution in [3.05, 3.63) is 30.1 Å². The fraction of sp³-hybridized carbons (Fsp3) is 0.500. The summed E-state index contributed by atoms with van der Waals surface area (Å²) in [5.74, 6) is -0.333. The Hall–Kier alpha value is -1.42. The van der Waals surface area contributed by atoms with Gasteiger partial charge in [-0.15, -0.1) is 0 Å². The Balaban J connectivity index is 2.92. The van der Waals surface area contributed by atoms with Gasteiger partial charge >= 0.3 is 0 Å². The average molecular weight is 222 g/mol. The van der Waals surface area contributed by atoms with E-state index >= 15 is 0 Å². The highest BCUT2D eigenvalue weighted by atomic mass is 16.3. The number of primary amides is 1. The molecular weight excluding hydrogens is 204 g/mol. The molecule has 88 valence electrons. The fourth-order valence-electron chi connectivity index (χ4n) is 1.88. The van der Waals surface area contributed by atoms with E-state index in [-0.39, 0.29) is 24.3 Å². The number of pyridine rings is 1. The lowest BCUT2D eigenvalue weighted by molar-refractivity contribution is -0.118. The van der Waals surface area contributed by atoms with E-state index in [1.165, 1.54) is 0 Å². The summed E-state index contributed by atoms with van der Waals surface area (Å²) >= 11 is 0. The van der Waals surface area contributed by atoms with E-state index < -0.39 is 0 Å². The Morgan fingerprint density at radius 3 is 2.56 bits per heavy atom. The summed E-state index contributed by atoms with van der Waals surface area (Å²) < 4.78 is 0. The van der Waals surface area contributed by atoms with E-state index in [9.17, 15) is 9.90 Å². The normalized spacial score (nSPS) is 14.4. The van der Waals surface area contributed by atoms with Gasteiger partial charge in [-0.25, -0.2) is 0 Å². The number of nitrogens with two attached hydrogens (primary N) is 1. The number of aliphatic hydroxyl groups is 1. The van der Waals surface area contributed by atoms with Crippen LogP contribution in [-0.4, -0.2) is 22.6 Å². The maximum Gasteiger partial charge on any atom is 0.217 e. The van der Waals surface area contributed by atoms with Gasteiger partial charge in [0.05, 0.1) is 6.61 Å². The minimum Gasteiger partial charge on any atom is -0.395 e. The van der Waals surface area contributed by atoms with Crippen molar-refractivity contribution < 1.29 is 9.90 Å². The highest BCUT2D eigenvalue weighted by Crippen LogP contribution is 2.32. The number of carbonyl (C=O) groups excluding carboxylic acids is 1. The Bertz CT molecular complexity index is 334. The minimum absolute atomic E-state index is 0.0147. The number of hydrogen-bond acceptors (Lipinski definition) is 3. The number of aliphatic hydroxyl groups excluding tert-OH is 1. The van der Waals surface area contributed by atoms with Crippen molar-refractivity contribution in [1.82, 2.24) is 4.98 Å². The second-order valence-corrected chi connectivity index (χ2v) is 3.99. The van der Waals surface area contributed by atoms with Crippen molar-refractivity contribution >= 4 is 5.91 Å². The van der Waals surface area contributed by atoms with E-state index in [0.29, 0.717) is 6.42 Å². The summed E-state index contributed by atoms with van der Waals surface area (Å²) in [7, 11) is 0. The van der Waals surface area contributed by atoms with Crippen LogP contribution in [0.1, 0.15) is 31.7 Å². The predicted molar refractivity (Wildman–Crippen MR) is 61.7 cm³/mol. The molecule has 0 spiro atoms. The number of carbonyl (C=O) groups is 1. The van der Waals surface area contributed by atoms with Crippen LogP contribution in [0.3, 0.4) is 0 Å². The van der Waals surface area contributed by atoms with Crippen LogP contribution in [0.2, 0.25) is 0 Å². The highest BCUT2D eigenvalue weighted by molar-refractivity contribution is 5.73. The van der Waals surface area contributed by atoms with Crippen LogP contribution in [0.5, 0.6) is 0 Å². The van der Waals surface area contributed by atoms with Gasteiger partial charge in [-0.2, -0.15) is 0 Å². The van der Waals surface area contributed by atoms with Crippen molar-refractivity contribution in [3.63, 3.8) is 0 Å². The molecule has 3 N–H and O–H groups in total. The molecule has 0 fully saturated rings. The molecule has 1 aromatic heterocycles. The molecule has 4 nitrogen and oxygen atoms in total. The summed E-state index contributed by atoms with van der Waals surface area (Å²) in [6, 6.07) is 3.75. The topological polar surface area (TPSA) is 76.2 Å². The van der Waals surface area contributed by atoms with E-state index in [2.05, 4.69) is 4.98 Å². The van der Waals surface area contributed by atoms with Crippen molar-refractivity contribution in [2.45, 2.75) is 31.6 Å². The van der Waals surface area contributed by atoms with Crippen LogP contribution in [-0.2, 0) is 10.2 Å². The molecule has 1 aromatic rings. The van der Waals surface area contributed by atoms with Gasteiger partial charge in [0, 0.05) is 24.2 Å². The quantitative estimate of drug-likeness (QED) is 0.753. The molecule has 0 saturated heterocycles. The van der Waals surface area contributed by atoms with Gasteiger partial charge in [0.15, 0.2) is 0 Å². The second kappa shape index (κ2) is 5.61. The van der Waals surface area contributed by atoms with E-state index in [1.807, 2.05) is 19.1 Å². The minimum atomic E-state index is -0.377. The van der Waals surface area contributed by atoms with E-state index in [1.54, 1.807) is 12.4 Å². The van der Waals surface area contributed by atoms with Gasteiger partial charge in [-0.3, -0.25) is 9.78 Å². The van der Waals surface area contributed by atoms with Crippen LogP contribution in [0.15, 0.2) is 24.5 Å². The number of amides is 1. The molecule has 0 aliphatic rings. The molecule has 4 heteroatoms. The largest absolute Gasteiger partial charge is 0.395 e. The lowest BCUT2D eigenvalue weighted by Crippen LogP contribution is -2.31. The Morgan fingerprint density at radius 2 is 2.12 bits per heavy atom. The van der Waals surface area contributed by atoms with Gasteiger partial charge in [0.1, 0.15) is 0 Å². The first-order valence-corrected chi connectivity index (χ1v) is 5.44. The molecule has 0 bridgehead atoms. The van der Waals surface area contributed by atoms with Crippen LogP contribution in [0, 0.1) is 0 Å². The first-order valence-electron chi connectivity index (χ1n) is 5.44. The standard InChI is InChI=1S/C12H18N2O2/c1-2-12(9-15,6-3-11(13)16)10-4-7-14-8-5-10/h4-5,7-8,15H,2-3,6,9H2,1H3,(H2,13,16). The third kappa shape index (κ3) is 2.79. The van der Waals surface area contributed by atoms with Crippen LogP contribution in [0.4, 0.5) is 0 Å². The molecule has 1 rings (SSSR count). The van der Waals surface area contributed by atoms with Gasteiger partial charge in [-0.1, -0.05) is 6.92 Å². The Kier molecular flexibility index (Phi) is 4.43. The molecule has 0 aliphatic heterocycles. The molecule has 0 saturated carbocycles. The summed E-state index contributed by atoms with van der Waals surface area (Å²) in [4.78, 5) is 14.8. The van der Waals surface area contributed by atoms with Gasteiger partial charge < -0.3 is 10.8 Å². The van der Waals surface area contributed by atoms with Gasteiger partial charge in [0.25, 0.3) is 0 Å². The van der Waals surface area contributed by atoms with Crippen LogP contribution >= 0.6 is 0 Å². The van der Waals surface area contributed by atoms with Crippen molar-refractivity contribution in [3.8, 4) is 0 Å². The smallest absolute Gasteiger partial charge is 0.217 e. The fourth-order valence-corrected chi connectivity index (χ4v) is 1.88. The third-order valence-electron chi connectivity index (χ3n) is 3.12. The molecule has 1 atom stereocenters. The van der Waals surface area contributed by atoms with E-state index in [0.717, 1.165) is 12.0 Å². The first kappa shape index (κ1) is 12.6. The van der Waals surface area contributed by atoms with Crippen molar-refractivity contribution in [2.24, 2.45) is 5.73 Å². The number of nitrogens with zero attached hydrogens (tertiary/aromatic N) is 1. The molecule has 0 radical (unpaired) electrons. The maximum absolute atomic E-state index is 10.8.